The SMILES string of the molecule is Cc1nc(-c2cn([C@H]3C[C@H](CO)C3)nc2C(F)F)ccc1F. The number of rotatable bonds is 4. The van der Waals surface area contributed by atoms with E-state index in [-0.39, 0.29) is 35.5 Å². The summed E-state index contributed by atoms with van der Waals surface area (Å²) in [5.74, 6) is -0.265. The van der Waals surface area contributed by atoms with Crippen LogP contribution in [0.3, 0.4) is 0 Å². The first-order valence-electron chi connectivity index (χ1n) is 7.11. The van der Waals surface area contributed by atoms with E-state index in [1.54, 1.807) is 6.20 Å². The fourth-order valence-electron chi connectivity index (χ4n) is 2.71. The Morgan fingerprint density at radius 3 is 2.68 bits per heavy atom. The summed E-state index contributed by atoms with van der Waals surface area (Å²) < 4.78 is 41.2. The molecule has 22 heavy (non-hydrogen) atoms. The van der Waals surface area contributed by atoms with Gasteiger partial charge in [0.2, 0.25) is 0 Å². The highest BCUT2D eigenvalue weighted by molar-refractivity contribution is 5.61. The molecule has 0 amide bonds. The highest BCUT2D eigenvalue weighted by Gasteiger charge is 2.32. The number of nitrogens with zero attached hydrogens (tertiary/aromatic N) is 3. The molecule has 0 aliphatic heterocycles. The molecule has 1 N–H and O–H groups in total. The molecule has 2 aromatic rings. The van der Waals surface area contributed by atoms with Gasteiger partial charge in [-0.05, 0) is 37.8 Å². The largest absolute Gasteiger partial charge is 0.396 e. The van der Waals surface area contributed by atoms with Crippen LogP contribution in [0, 0.1) is 18.7 Å². The molecule has 0 radical (unpaired) electrons. The predicted octanol–water partition coefficient (Wildman–Crippen LogP) is 3.27. The molecule has 2 aromatic heterocycles. The Balaban J connectivity index is 1.95. The van der Waals surface area contributed by atoms with E-state index >= 15 is 0 Å². The lowest BCUT2D eigenvalue weighted by atomic mass is 9.81. The lowest BCUT2D eigenvalue weighted by Gasteiger charge is -2.34. The molecule has 4 nitrogen and oxygen atoms in total. The third-order valence-electron chi connectivity index (χ3n) is 4.11. The van der Waals surface area contributed by atoms with Gasteiger partial charge in [-0.2, -0.15) is 5.10 Å². The second-order valence-electron chi connectivity index (χ2n) is 5.65. The summed E-state index contributed by atoms with van der Waals surface area (Å²) in [6.45, 7) is 1.59. The van der Waals surface area contributed by atoms with Gasteiger partial charge in [0.25, 0.3) is 6.43 Å². The van der Waals surface area contributed by atoms with Crippen molar-refractivity contribution in [2.24, 2.45) is 5.92 Å². The highest BCUT2D eigenvalue weighted by atomic mass is 19.3. The first kappa shape index (κ1) is 15.0. The average Bonchev–Trinajstić information content (AvgIpc) is 2.86. The molecular weight excluding hydrogens is 295 g/mol. The zero-order valence-corrected chi connectivity index (χ0v) is 12.0. The van der Waals surface area contributed by atoms with E-state index in [2.05, 4.69) is 10.1 Å². The zero-order valence-electron chi connectivity index (χ0n) is 12.0. The minimum Gasteiger partial charge on any atom is -0.396 e. The maximum absolute atomic E-state index is 13.3. The summed E-state index contributed by atoms with van der Waals surface area (Å²) in [5.41, 5.74) is 0.337. The number of hydrogen-bond donors (Lipinski definition) is 1. The van der Waals surface area contributed by atoms with E-state index in [1.807, 2.05) is 0 Å². The van der Waals surface area contributed by atoms with Gasteiger partial charge in [0, 0.05) is 18.4 Å². The first-order chi connectivity index (χ1) is 10.5. The van der Waals surface area contributed by atoms with Gasteiger partial charge in [-0.1, -0.05) is 0 Å². The number of aromatic nitrogens is 3. The number of aryl methyl sites for hydroxylation is 1. The number of alkyl halides is 2. The van der Waals surface area contributed by atoms with Crippen molar-refractivity contribution in [2.75, 3.05) is 6.61 Å². The van der Waals surface area contributed by atoms with E-state index in [0.717, 1.165) is 12.8 Å². The fraction of sp³-hybridized carbons (Fsp3) is 0.467. The standard InChI is InChI=1S/C15H16F3N3O/c1-8-12(16)2-3-13(19-8)11-6-21(20-14(11)15(17)18)10-4-9(5-10)7-22/h2-3,6,9-10,15,22H,4-5,7H2,1H3/t9-,10-. The van der Waals surface area contributed by atoms with Crippen LogP contribution in [-0.2, 0) is 0 Å². The molecule has 1 aliphatic carbocycles. The molecule has 7 heteroatoms. The minimum absolute atomic E-state index is 0.0185. The molecule has 3 rings (SSSR count). The molecule has 1 aliphatic rings. The summed E-state index contributed by atoms with van der Waals surface area (Å²) in [5, 5.41) is 13.0. The molecule has 0 aromatic carbocycles. The van der Waals surface area contributed by atoms with Crippen molar-refractivity contribution in [3.8, 4) is 11.3 Å². The van der Waals surface area contributed by atoms with Crippen molar-refractivity contribution in [3.05, 3.63) is 35.5 Å². The molecule has 0 spiro atoms. The second kappa shape index (κ2) is 5.72. The summed E-state index contributed by atoms with van der Waals surface area (Å²) in [6.07, 6.45) is 0.253. The summed E-state index contributed by atoms with van der Waals surface area (Å²) in [4.78, 5) is 4.03. The van der Waals surface area contributed by atoms with E-state index < -0.39 is 12.2 Å². The average molecular weight is 311 g/mol. The first-order valence-corrected chi connectivity index (χ1v) is 7.11. The van der Waals surface area contributed by atoms with Crippen LogP contribution in [0.2, 0.25) is 0 Å². The van der Waals surface area contributed by atoms with Crippen LogP contribution in [0.5, 0.6) is 0 Å². The zero-order chi connectivity index (χ0) is 15.9. The van der Waals surface area contributed by atoms with Crippen LogP contribution in [0.15, 0.2) is 18.3 Å². The quantitative estimate of drug-likeness (QED) is 0.943. The van der Waals surface area contributed by atoms with Crippen LogP contribution in [0.25, 0.3) is 11.3 Å². The maximum atomic E-state index is 13.3. The van der Waals surface area contributed by atoms with Crippen LogP contribution in [0.1, 0.15) is 36.7 Å². The summed E-state index contributed by atoms with van der Waals surface area (Å²) in [6, 6.07) is 2.62. The Kier molecular flexibility index (Phi) is 3.90. The Morgan fingerprint density at radius 2 is 2.09 bits per heavy atom. The third-order valence-corrected chi connectivity index (χ3v) is 4.11. The van der Waals surface area contributed by atoms with Crippen LogP contribution >= 0.6 is 0 Å². The second-order valence-corrected chi connectivity index (χ2v) is 5.65. The molecule has 2 heterocycles. The van der Waals surface area contributed by atoms with E-state index in [9.17, 15) is 13.2 Å². The van der Waals surface area contributed by atoms with Crippen molar-refractivity contribution < 1.29 is 18.3 Å². The van der Waals surface area contributed by atoms with Crippen molar-refractivity contribution in [2.45, 2.75) is 32.2 Å². The predicted molar refractivity (Wildman–Crippen MR) is 74.0 cm³/mol. The highest BCUT2D eigenvalue weighted by Crippen LogP contribution is 2.39. The van der Waals surface area contributed by atoms with Gasteiger partial charge in [-0.25, -0.2) is 18.2 Å². The van der Waals surface area contributed by atoms with E-state index in [4.69, 9.17) is 5.11 Å². The van der Waals surface area contributed by atoms with Crippen molar-refractivity contribution >= 4 is 0 Å². The van der Waals surface area contributed by atoms with Crippen LogP contribution in [0.4, 0.5) is 13.2 Å². The molecule has 0 bridgehead atoms. The smallest absolute Gasteiger partial charge is 0.282 e. The molecule has 0 unspecified atom stereocenters. The van der Waals surface area contributed by atoms with Gasteiger partial charge < -0.3 is 5.11 Å². The van der Waals surface area contributed by atoms with Crippen LogP contribution < -0.4 is 0 Å². The molecular formula is C15H16F3N3O. The minimum atomic E-state index is -2.72. The Morgan fingerprint density at radius 1 is 1.36 bits per heavy atom. The molecule has 118 valence electrons. The number of aliphatic hydroxyl groups is 1. The maximum Gasteiger partial charge on any atom is 0.282 e. The topological polar surface area (TPSA) is 50.9 Å². The monoisotopic (exact) mass is 311 g/mol. The molecule has 0 saturated heterocycles. The van der Waals surface area contributed by atoms with Gasteiger partial charge in [-0.3, -0.25) is 4.68 Å². The van der Waals surface area contributed by atoms with Gasteiger partial charge in [0.1, 0.15) is 11.5 Å². The Bertz CT molecular complexity index is 681. The summed E-state index contributed by atoms with van der Waals surface area (Å²) in [7, 11) is 0. The van der Waals surface area contributed by atoms with Gasteiger partial charge >= 0.3 is 0 Å². The third kappa shape index (κ3) is 2.61. The van der Waals surface area contributed by atoms with Crippen molar-refractivity contribution in [1.82, 2.24) is 14.8 Å². The van der Waals surface area contributed by atoms with E-state index in [1.165, 1.54) is 23.7 Å². The fourth-order valence-corrected chi connectivity index (χ4v) is 2.71. The Labute approximate surface area is 125 Å². The summed E-state index contributed by atoms with van der Waals surface area (Å²) >= 11 is 0. The van der Waals surface area contributed by atoms with E-state index in [0.29, 0.717) is 5.69 Å². The van der Waals surface area contributed by atoms with Crippen molar-refractivity contribution in [3.63, 3.8) is 0 Å². The van der Waals surface area contributed by atoms with Gasteiger partial charge in [0.05, 0.1) is 17.4 Å². The van der Waals surface area contributed by atoms with Gasteiger partial charge in [-0.15, -0.1) is 0 Å². The Hall–Kier alpha value is -1.89. The number of hydrogen-bond acceptors (Lipinski definition) is 3. The number of aliphatic hydroxyl groups excluding tert-OH is 1. The number of pyridine rings is 1. The normalized spacial score (nSPS) is 21.2. The molecule has 1 saturated carbocycles. The lowest BCUT2D eigenvalue weighted by Crippen LogP contribution is -2.29. The number of halogens is 3. The van der Waals surface area contributed by atoms with Crippen LogP contribution in [-0.4, -0.2) is 26.5 Å². The molecule has 1 fully saturated rings. The van der Waals surface area contributed by atoms with Gasteiger partial charge in [0.15, 0.2) is 0 Å². The lowest BCUT2D eigenvalue weighted by molar-refractivity contribution is 0.102. The molecule has 0 atom stereocenters. The van der Waals surface area contributed by atoms with Crippen molar-refractivity contribution in [1.29, 1.82) is 0 Å².